The fourth-order valence-corrected chi connectivity index (χ4v) is 1.52. The monoisotopic (exact) mass is 201 g/mol. The molecule has 4 nitrogen and oxygen atoms in total. The highest BCUT2D eigenvalue weighted by Crippen LogP contribution is 2.00. The number of nitrogens with zero attached hydrogens (tertiary/aromatic N) is 1. The molecule has 0 bridgehead atoms. The molecular weight excluding hydrogens is 178 g/mol. The molecule has 1 fully saturated rings. The maximum absolute atomic E-state index is 5.47. The zero-order valence-corrected chi connectivity index (χ0v) is 9.38. The van der Waals surface area contributed by atoms with Crippen LogP contribution in [0.2, 0.25) is 0 Å². The van der Waals surface area contributed by atoms with Crippen LogP contribution >= 0.6 is 0 Å². The van der Waals surface area contributed by atoms with Crippen LogP contribution in [0.1, 0.15) is 12.8 Å². The van der Waals surface area contributed by atoms with Gasteiger partial charge in [0.15, 0.2) is 0 Å². The van der Waals surface area contributed by atoms with Crippen molar-refractivity contribution >= 4 is 0 Å². The van der Waals surface area contributed by atoms with Gasteiger partial charge in [0.25, 0.3) is 0 Å². The van der Waals surface area contributed by atoms with Gasteiger partial charge in [-0.05, 0) is 40.0 Å². The fraction of sp³-hybridized carbons (Fsp3) is 1.00. The van der Waals surface area contributed by atoms with Crippen molar-refractivity contribution in [2.24, 2.45) is 0 Å². The topological polar surface area (TPSA) is 36.5 Å². The Balaban J connectivity index is 1.87. The van der Waals surface area contributed by atoms with E-state index >= 15 is 0 Å². The molecule has 84 valence electrons. The predicted molar refractivity (Wildman–Crippen MR) is 58.4 cm³/mol. The molecule has 1 saturated heterocycles. The quantitative estimate of drug-likeness (QED) is 0.463. The van der Waals surface area contributed by atoms with Crippen LogP contribution in [-0.4, -0.2) is 58.0 Å². The summed E-state index contributed by atoms with van der Waals surface area (Å²) in [6.07, 6.45) is 2.44. The van der Waals surface area contributed by atoms with Crippen molar-refractivity contribution < 1.29 is 4.74 Å². The molecule has 0 aliphatic carbocycles. The maximum Gasteiger partial charge on any atom is 0.0968 e. The van der Waals surface area contributed by atoms with Gasteiger partial charge in [-0.1, -0.05) is 0 Å². The normalized spacial score (nSPS) is 19.1. The highest BCUT2D eigenvalue weighted by Gasteiger charge is 2.11. The molecule has 0 unspecified atom stereocenters. The van der Waals surface area contributed by atoms with Gasteiger partial charge in [0.05, 0.1) is 13.3 Å². The molecule has 2 N–H and O–H groups in total. The van der Waals surface area contributed by atoms with Crippen molar-refractivity contribution in [1.29, 1.82) is 0 Å². The van der Waals surface area contributed by atoms with Gasteiger partial charge in [0.2, 0.25) is 0 Å². The molecule has 0 aromatic heterocycles. The molecular formula is C10H23N3O. The van der Waals surface area contributed by atoms with Crippen molar-refractivity contribution in [2.45, 2.75) is 18.9 Å². The zero-order valence-electron chi connectivity index (χ0n) is 9.38. The van der Waals surface area contributed by atoms with E-state index in [1.165, 1.54) is 12.8 Å². The first-order chi connectivity index (χ1) is 6.79. The number of piperidine rings is 1. The van der Waals surface area contributed by atoms with Crippen LogP contribution in [0, 0.1) is 0 Å². The summed E-state index contributed by atoms with van der Waals surface area (Å²) >= 11 is 0. The average molecular weight is 201 g/mol. The summed E-state index contributed by atoms with van der Waals surface area (Å²) in [6.45, 7) is 4.77. The van der Waals surface area contributed by atoms with E-state index in [1.807, 2.05) is 0 Å². The van der Waals surface area contributed by atoms with Gasteiger partial charge in [-0.3, -0.25) is 5.32 Å². The minimum absolute atomic E-state index is 0.649. The molecule has 0 amide bonds. The molecule has 0 spiro atoms. The molecule has 1 rings (SSSR count). The SMILES string of the molecule is CN(C)CCOCNC1CCNCC1. The summed E-state index contributed by atoms with van der Waals surface area (Å²) in [6, 6.07) is 0.649. The lowest BCUT2D eigenvalue weighted by Gasteiger charge is -2.23. The van der Waals surface area contributed by atoms with E-state index in [2.05, 4.69) is 29.6 Å². The Kier molecular flexibility index (Phi) is 6.10. The van der Waals surface area contributed by atoms with Gasteiger partial charge < -0.3 is 15.0 Å². The van der Waals surface area contributed by atoms with Gasteiger partial charge in [-0.25, -0.2) is 0 Å². The smallest absolute Gasteiger partial charge is 0.0968 e. The molecule has 0 saturated carbocycles. The summed E-state index contributed by atoms with van der Waals surface area (Å²) in [5, 5.41) is 6.76. The van der Waals surface area contributed by atoms with Crippen molar-refractivity contribution in [3.63, 3.8) is 0 Å². The van der Waals surface area contributed by atoms with Gasteiger partial charge in [-0.2, -0.15) is 0 Å². The van der Waals surface area contributed by atoms with Crippen LogP contribution in [0.25, 0.3) is 0 Å². The lowest BCUT2D eigenvalue weighted by molar-refractivity contribution is 0.0915. The van der Waals surface area contributed by atoms with E-state index in [0.717, 1.165) is 26.2 Å². The summed E-state index contributed by atoms with van der Waals surface area (Å²) in [7, 11) is 4.12. The van der Waals surface area contributed by atoms with Gasteiger partial charge in [0.1, 0.15) is 0 Å². The molecule has 1 aliphatic rings. The second-order valence-corrected chi connectivity index (χ2v) is 4.08. The van der Waals surface area contributed by atoms with Gasteiger partial charge in [-0.15, -0.1) is 0 Å². The van der Waals surface area contributed by atoms with Crippen molar-refractivity contribution in [1.82, 2.24) is 15.5 Å². The minimum atomic E-state index is 0.649. The Labute approximate surface area is 87.0 Å². The number of ether oxygens (including phenoxy) is 1. The van der Waals surface area contributed by atoms with Crippen LogP contribution < -0.4 is 10.6 Å². The molecule has 1 heterocycles. The van der Waals surface area contributed by atoms with Gasteiger partial charge >= 0.3 is 0 Å². The second kappa shape index (κ2) is 7.17. The molecule has 1 aliphatic heterocycles. The van der Waals surface area contributed by atoms with E-state index in [-0.39, 0.29) is 0 Å². The summed E-state index contributed by atoms with van der Waals surface area (Å²) < 4.78 is 5.47. The second-order valence-electron chi connectivity index (χ2n) is 4.08. The first-order valence-electron chi connectivity index (χ1n) is 5.45. The maximum atomic E-state index is 5.47. The highest BCUT2D eigenvalue weighted by atomic mass is 16.5. The zero-order chi connectivity index (χ0) is 10.2. The van der Waals surface area contributed by atoms with E-state index in [1.54, 1.807) is 0 Å². The molecule has 0 aromatic rings. The first-order valence-corrected chi connectivity index (χ1v) is 5.45. The third-order valence-corrected chi connectivity index (χ3v) is 2.50. The van der Waals surface area contributed by atoms with E-state index < -0.39 is 0 Å². The van der Waals surface area contributed by atoms with Crippen LogP contribution in [-0.2, 0) is 4.74 Å². The van der Waals surface area contributed by atoms with Gasteiger partial charge in [0, 0.05) is 12.6 Å². The van der Waals surface area contributed by atoms with Crippen LogP contribution in [0.3, 0.4) is 0 Å². The average Bonchev–Trinajstić information content (AvgIpc) is 2.18. The first kappa shape index (κ1) is 11.9. The van der Waals surface area contributed by atoms with E-state index in [4.69, 9.17) is 4.74 Å². The van der Waals surface area contributed by atoms with Crippen LogP contribution in [0.4, 0.5) is 0 Å². The molecule has 4 heteroatoms. The third-order valence-electron chi connectivity index (χ3n) is 2.50. The Morgan fingerprint density at radius 3 is 2.71 bits per heavy atom. The largest absolute Gasteiger partial charge is 0.365 e. The Morgan fingerprint density at radius 1 is 1.36 bits per heavy atom. The predicted octanol–water partition coefficient (Wildman–Crippen LogP) is -0.136. The molecule has 0 aromatic carbocycles. The highest BCUT2D eigenvalue weighted by molar-refractivity contribution is 4.72. The Hall–Kier alpha value is -0.160. The lowest BCUT2D eigenvalue weighted by Crippen LogP contribution is -2.41. The Morgan fingerprint density at radius 2 is 2.07 bits per heavy atom. The van der Waals surface area contributed by atoms with E-state index in [0.29, 0.717) is 12.8 Å². The number of nitrogens with one attached hydrogen (secondary N) is 2. The fourth-order valence-electron chi connectivity index (χ4n) is 1.52. The third kappa shape index (κ3) is 5.54. The number of hydrogen-bond acceptors (Lipinski definition) is 4. The van der Waals surface area contributed by atoms with Crippen molar-refractivity contribution in [2.75, 3.05) is 47.1 Å². The standard InChI is InChI=1S/C10H23N3O/c1-13(2)7-8-14-9-12-10-3-5-11-6-4-10/h10-12H,3-9H2,1-2H3. The van der Waals surface area contributed by atoms with Crippen molar-refractivity contribution in [3.8, 4) is 0 Å². The van der Waals surface area contributed by atoms with Crippen molar-refractivity contribution in [3.05, 3.63) is 0 Å². The lowest BCUT2D eigenvalue weighted by atomic mass is 10.1. The minimum Gasteiger partial charge on any atom is -0.365 e. The number of rotatable bonds is 6. The molecule has 0 atom stereocenters. The summed E-state index contributed by atoms with van der Waals surface area (Å²) in [5.41, 5.74) is 0. The van der Waals surface area contributed by atoms with Crippen LogP contribution in [0.15, 0.2) is 0 Å². The van der Waals surface area contributed by atoms with E-state index in [9.17, 15) is 0 Å². The number of likely N-dealkylation sites (N-methyl/N-ethyl adjacent to an activating group) is 1. The molecule has 0 radical (unpaired) electrons. The number of hydrogen-bond donors (Lipinski definition) is 2. The van der Waals surface area contributed by atoms with Crippen LogP contribution in [0.5, 0.6) is 0 Å². The molecule has 14 heavy (non-hydrogen) atoms. The Bertz CT molecular complexity index is 135. The summed E-state index contributed by atoms with van der Waals surface area (Å²) in [4.78, 5) is 2.13. The summed E-state index contributed by atoms with van der Waals surface area (Å²) in [5.74, 6) is 0.